The van der Waals surface area contributed by atoms with E-state index in [1.807, 2.05) is 0 Å². The topological polar surface area (TPSA) is 42.4 Å². The number of hydrogen-bond donors (Lipinski definition) is 1. The molecule has 3 nitrogen and oxygen atoms in total. The van der Waals surface area contributed by atoms with Gasteiger partial charge in [0.05, 0.1) is 7.11 Å². The summed E-state index contributed by atoms with van der Waals surface area (Å²) in [5.41, 5.74) is -0.323. The van der Waals surface area contributed by atoms with Gasteiger partial charge >= 0.3 is 0 Å². The number of rotatable bonds is 3. The van der Waals surface area contributed by atoms with Gasteiger partial charge < -0.3 is 9.84 Å². The van der Waals surface area contributed by atoms with Gasteiger partial charge in [-0.1, -0.05) is 0 Å². The number of hydrogen-bond acceptors (Lipinski definition) is 3. The van der Waals surface area contributed by atoms with Crippen molar-refractivity contribution in [1.82, 2.24) is 4.98 Å². The van der Waals surface area contributed by atoms with E-state index in [1.165, 1.54) is 19.2 Å². The van der Waals surface area contributed by atoms with E-state index in [9.17, 15) is 8.78 Å². The number of halogens is 2. The van der Waals surface area contributed by atoms with E-state index < -0.39 is 12.5 Å². The minimum Gasteiger partial charge on any atom is -0.481 e. The van der Waals surface area contributed by atoms with Gasteiger partial charge in [-0.2, -0.15) is 8.78 Å². The molecule has 1 aromatic heterocycles. The zero-order valence-corrected chi connectivity index (χ0v) is 7.00. The lowest BCUT2D eigenvalue weighted by molar-refractivity contribution is -0.0559. The summed E-state index contributed by atoms with van der Waals surface area (Å²) in [6.45, 7) is -1.22. The molecule has 0 atom stereocenters. The van der Waals surface area contributed by atoms with Crippen molar-refractivity contribution in [2.45, 2.75) is 5.92 Å². The molecule has 1 aromatic rings. The first-order valence-corrected chi connectivity index (χ1v) is 3.59. The number of aliphatic hydroxyl groups is 1. The van der Waals surface area contributed by atoms with Crippen LogP contribution in [0.3, 0.4) is 0 Å². The normalized spacial score (nSPS) is 11.4. The zero-order chi connectivity index (χ0) is 9.90. The van der Waals surface area contributed by atoms with Crippen LogP contribution in [0.1, 0.15) is 5.56 Å². The number of methoxy groups -OCH3 is 1. The van der Waals surface area contributed by atoms with E-state index in [1.54, 1.807) is 0 Å². The molecule has 0 aliphatic rings. The van der Waals surface area contributed by atoms with Crippen molar-refractivity contribution in [3.63, 3.8) is 0 Å². The molecule has 0 aliphatic heterocycles. The molecular formula is C8H9F2NO2. The van der Waals surface area contributed by atoms with Crippen molar-refractivity contribution in [1.29, 1.82) is 0 Å². The Morgan fingerprint density at radius 1 is 1.54 bits per heavy atom. The molecule has 0 radical (unpaired) electrons. The Morgan fingerprint density at radius 2 is 2.23 bits per heavy atom. The molecule has 0 saturated carbocycles. The summed E-state index contributed by atoms with van der Waals surface area (Å²) in [7, 11) is 1.40. The number of nitrogens with zero attached hydrogens (tertiary/aromatic N) is 1. The van der Waals surface area contributed by atoms with E-state index in [-0.39, 0.29) is 11.4 Å². The maximum Gasteiger partial charge on any atom is 0.297 e. The van der Waals surface area contributed by atoms with E-state index in [0.717, 1.165) is 6.20 Å². The van der Waals surface area contributed by atoms with Gasteiger partial charge in [0, 0.05) is 17.8 Å². The summed E-state index contributed by atoms with van der Waals surface area (Å²) < 4.78 is 30.3. The maximum atomic E-state index is 12.8. The molecule has 0 amide bonds. The van der Waals surface area contributed by atoms with Crippen molar-refractivity contribution in [3.8, 4) is 5.88 Å². The highest BCUT2D eigenvalue weighted by molar-refractivity contribution is 5.21. The minimum absolute atomic E-state index is 0.262. The van der Waals surface area contributed by atoms with Crippen molar-refractivity contribution in [3.05, 3.63) is 23.9 Å². The Hall–Kier alpha value is -1.23. The highest BCUT2D eigenvalue weighted by atomic mass is 19.3. The van der Waals surface area contributed by atoms with Crippen LogP contribution in [-0.4, -0.2) is 23.8 Å². The first-order valence-electron chi connectivity index (χ1n) is 3.59. The molecule has 1 N–H and O–H groups in total. The van der Waals surface area contributed by atoms with Crippen LogP contribution in [0.2, 0.25) is 0 Å². The standard InChI is InChI=1S/C8H9F2NO2/c1-13-7-3-2-6(4-11-7)8(9,10)5-12/h2-4,12H,5H2,1H3. The monoisotopic (exact) mass is 189 g/mol. The lowest BCUT2D eigenvalue weighted by Crippen LogP contribution is -2.18. The lowest BCUT2D eigenvalue weighted by atomic mass is 10.1. The molecule has 0 unspecified atom stereocenters. The maximum absolute atomic E-state index is 12.8. The molecular weight excluding hydrogens is 180 g/mol. The van der Waals surface area contributed by atoms with Crippen LogP contribution >= 0.6 is 0 Å². The third-order valence-electron chi connectivity index (χ3n) is 1.57. The van der Waals surface area contributed by atoms with Crippen LogP contribution in [0, 0.1) is 0 Å². The van der Waals surface area contributed by atoms with E-state index in [2.05, 4.69) is 4.98 Å². The highest BCUT2D eigenvalue weighted by Gasteiger charge is 2.30. The first kappa shape index (κ1) is 9.85. The average Bonchev–Trinajstić information content (AvgIpc) is 2.18. The Bertz CT molecular complexity index is 274. The molecule has 0 aromatic carbocycles. The summed E-state index contributed by atoms with van der Waals surface area (Å²) in [6, 6.07) is 2.49. The number of alkyl halides is 2. The van der Waals surface area contributed by atoms with Gasteiger partial charge in [-0.05, 0) is 6.07 Å². The molecule has 0 fully saturated rings. The van der Waals surface area contributed by atoms with Gasteiger partial charge in [0.15, 0.2) is 0 Å². The minimum atomic E-state index is -3.24. The van der Waals surface area contributed by atoms with Crippen molar-refractivity contribution < 1.29 is 18.6 Å². The fourth-order valence-electron chi connectivity index (χ4n) is 0.809. The third kappa shape index (κ3) is 2.12. The van der Waals surface area contributed by atoms with Crippen molar-refractivity contribution in [2.75, 3.05) is 13.7 Å². The van der Waals surface area contributed by atoms with E-state index >= 15 is 0 Å². The molecule has 0 bridgehead atoms. The largest absolute Gasteiger partial charge is 0.481 e. The quantitative estimate of drug-likeness (QED) is 0.776. The molecule has 1 heterocycles. The van der Waals surface area contributed by atoms with Crippen LogP contribution in [0.25, 0.3) is 0 Å². The summed E-state index contributed by atoms with van der Waals surface area (Å²) in [5, 5.41) is 8.36. The third-order valence-corrected chi connectivity index (χ3v) is 1.57. The van der Waals surface area contributed by atoms with Crippen LogP contribution in [0.15, 0.2) is 18.3 Å². The Kier molecular flexibility index (Phi) is 2.77. The molecule has 72 valence electrons. The fraction of sp³-hybridized carbons (Fsp3) is 0.375. The van der Waals surface area contributed by atoms with E-state index in [4.69, 9.17) is 9.84 Å². The van der Waals surface area contributed by atoms with Gasteiger partial charge in [0.2, 0.25) is 5.88 Å². The average molecular weight is 189 g/mol. The molecule has 1 rings (SSSR count). The fourth-order valence-corrected chi connectivity index (χ4v) is 0.809. The van der Waals surface area contributed by atoms with Crippen LogP contribution in [0.5, 0.6) is 5.88 Å². The van der Waals surface area contributed by atoms with Crippen LogP contribution in [0.4, 0.5) is 8.78 Å². The summed E-state index contributed by atoms with van der Waals surface area (Å²) in [5.74, 6) is -2.98. The zero-order valence-electron chi connectivity index (χ0n) is 7.00. The van der Waals surface area contributed by atoms with Crippen molar-refractivity contribution in [2.24, 2.45) is 0 Å². The number of ether oxygens (including phenoxy) is 1. The van der Waals surface area contributed by atoms with Crippen LogP contribution < -0.4 is 4.74 Å². The second kappa shape index (κ2) is 3.66. The Morgan fingerprint density at radius 3 is 2.62 bits per heavy atom. The first-order chi connectivity index (χ1) is 6.10. The molecule has 0 aliphatic carbocycles. The Balaban J connectivity index is 2.92. The van der Waals surface area contributed by atoms with Crippen LogP contribution in [-0.2, 0) is 5.92 Å². The summed E-state index contributed by atoms with van der Waals surface area (Å²) >= 11 is 0. The smallest absolute Gasteiger partial charge is 0.297 e. The number of aliphatic hydroxyl groups excluding tert-OH is 1. The number of pyridine rings is 1. The van der Waals surface area contributed by atoms with Gasteiger partial charge in [0.1, 0.15) is 6.61 Å². The molecule has 5 heteroatoms. The summed E-state index contributed by atoms with van der Waals surface area (Å²) in [6.07, 6.45) is 0.981. The van der Waals surface area contributed by atoms with E-state index in [0.29, 0.717) is 0 Å². The predicted molar refractivity (Wildman–Crippen MR) is 41.8 cm³/mol. The SMILES string of the molecule is COc1ccc(C(F)(F)CO)cn1. The van der Waals surface area contributed by atoms with Gasteiger partial charge in [-0.15, -0.1) is 0 Å². The second-order valence-electron chi connectivity index (χ2n) is 2.45. The van der Waals surface area contributed by atoms with Gasteiger partial charge in [-0.3, -0.25) is 0 Å². The Labute approximate surface area is 74.0 Å². The molecule has 13 heavy (non-hydrogen) atoms. The van der Waals surface area contributed by atoms with Gasteiger partial charge in [0.25, 0.3) is 5.92 Å². The van der Waals surface area contributed by atoms with Crippen molar-refractivity contribution >= 4 is 0 Å². The molecule has 0 spiro atoms. The predicted octanol–water partition coefficient (Wildman–Crippen LogP) is 1.17. The molecule has 0 saturated heterocycles. The summed E-state index contributed by atoms with van der Waals surface area (Å²) in [4.78, 5) is 3.60. The second-order valence-corrected chi connectivity index (χ2v) is 2.45. The van der Waals surface area contributed by atoms with Gasteiger partial charge in [-0.25, -0.2) is 4.98 Å². The lowest BCUT2D eigenvalue weighted by Gasteiger charge is -2.12. The number of aromatic nitrogens is 1. The highest BCUT2D eigenvalue weighted by Crippen LogP contribution is 2.26.